The molecule has 2 atom stereocenters. The fourth-order valence-electron chi connectivity index (χ4n) is 5.24. The quantitative estimate of drug-likeness (QED) is 0.762. The summed E-state index contributed by atoms with van der Waals surface area (Å²) in [5.41, 5.74) is 2.65. The molecule has 6 nitrogen and oxygen atoms in total. The number of rotatable bonds is 4. The van der Waals surface area contributed by atoms with Crippen molar-refractivity contribution in [3.05, 3.63) is 41.6 Å². The van der Waals surface area contributed by atoms with Crippen LogP contribution in [0.4, 0.5) is 0 Å². The second-order valence-electron chi connectivity index (χ2n) is 9.46. The minimum absolute atomic E-state index is 0.252. The Labute approximate surface area is 185 Å². The number of benzene rings is 1. The highest BCUT2D eigenvalue weighted by atomic mass is 16.2. The second kappa shape index (κ2) is 9.33. The molecule has 6 heteroatoms. The highest BCUT2D eigenvalue weighted by Crippen LogP contribution is 2.34. The van der Waals surface area contributed by atoms with Crippen molar-refractivity contribution in [2.75, 3.05) is 45.8 Å². The molecule has 0 unspecified atom stereocenters. The van der Waals surface area contributed by atoms with Crippen LogP contribution in [-0.4, -0.2) is 77.4 Å². The molecule has 1 aromatic carbocycles. The van der Waals surface area contributed by atoms with Gasteiger partial charge in [0.2, 0.25) is 5.91 Å². The van der Waals surface area contributed by atoms with Gasteiger partial charge in [-0.05, 0) is 49.8 Å². The standard InChI is InChI=1S/C25H33N5O/c1-18(2)29-9-11-30(12-10-29)24(31)17-28-15-19(3)13-21(16-28)22-7-6-20(14-26)25-23(22)5-4-8-27-25/h4-8,18-19,21H,9-13,15-17H2,1-3H3/t19-,21-/m1/s1. The van der Waals surface area contributed by atoms with E-state index in [1.807, 2.05) is 17.0 Å². The number of carbonyl (C=O) groups excluding carboxylic acids is 1. The van der Waals surface area contributed by atoms with Crippen molar-refractivity contribution in [3.63, 3.8) is 0 Å². The Morgan fingerprint density at radius 2 is 1.97 bits per heavy atom. The molecule has 1 aromatic heterocycles. The van der Waals surface area contributed by atoms with Gasteiger partial charge in [0.05, 0.1) is 17.6 Å². The van der Waals surface area contributed by atoms with Crippen LogP contribution in [0.1, 0.15) is 44.2 Å². The molecule has 3 heterocycles. The van der Waals surface area contributed by atoms with E-state index in [-0.39, 0.29) is 5.91 Å². The smallest absolute Gasteiger partial charge is 0.236 e. The Morgan fingerprint density at radius 3 is 2.68 bits per heavy atom. The number of aromatic nitrogens is 1. The molecule has 2 aromatic rings. The number of carbonyl (C=O) groups is 1. The SMILES string of the molecule is CC(C)N1CCN(C(=O)CN2C[C@H](C)C[C@@H](c3ccc(C#N)c4ncccc34)C2)CC1. The van der Waals surface area contributed by atoms with E-state index in [4.69, 9.17) is 0 Å². The van der Waals surface area contributed by atoms with Crippen LogP contribution in [0.25, 0.3) is 10.9 Å². The molecule has 0 spiro atoms. The van der Waals surface area contributed by atoms with Crippen LogP contribution in [0.3, 0.4) is 0 Å². The van der Waals surface area contributed by atoms with E-state index in [1.54, 1.807) is 6.20 Å². The molecule has 2 aliphatic heterocycles. The van der Waals surface area contributed by atoms with Gasteiger partial charge < -0.3 is 4.90 Å². The third kappa shape index (κ3) is 4.73. The molecule has 31 heavy (non-hydrogen) atoms. The summed E-state index contributed by atoms with van der Waals surface area (Å²) in [4.78, 5) is 24.3. The van der Waals surface area contributed by atoms with Crippen LogP contribution < -0.4 is 0 Å². The maximum absolute atomic E-state index is 13.0. The van der Waals surface area contributed by atoms with Crippen LogP contribution in [0, 0.1) is 17.2 Å². The summed E-state index contributed by atoms with van der Waals surface area (Å²) < 4.78 is 0. The van der Waals surface area contributed by atoms with Gasteiger partial charge in [0.15, 0.2) is 0 Å². The van der Waals surface area contributed by atoms with Crippen molar-refractivity contribution in [1.29, 1.82) is 5.26 Å². The van der Waals surface area contributed by atoms with E-state index in [0.29, 0.717) is 30.0 Å². The van der Waals surface area contributed by atoms with Crippen molar-refractivity contribution in [2.45, 2.75) is 39.2 Å². The number of nitrogens with zero attached hydrogens (tertiary/aromatic N) is 5. The summed E-state index contributed by atoms with van der Waals surface area (Å²) >= 11 is 0. The lowest BCUT2D eigenvalue weighted by Crippen LogP contribution is -2.53. The zero-order chi connectivity index (χ0) is 22.0. The molecular weight excluding hydrogens is 386 g/mol. The zero-order valence-electron chi connectivity index (χ0n) is 18.9. The van der Waals surface area contributed by atoms with Crippen molar-refractivity contribution in [3.8, 4) is 6.07 Å². The van der Waals surface area contributed by atoms with E-state index < -0.39 is 0 Å². The molecule has 0 radical (unpaired) electrons. The maximum Gasteiger partial charge on any atom is 0.236 e. The minimum atomic E-state index is 0.252. The number of likely N-dealkylation sites (tertiary alicyclic amines) is 1. The van der Waals surface area contributed by atoms with E-state index in [1.165, 1.54) is 5.56 Å². The van der Waals surface area contributed by atoms with Crippen LogP contribution >= 0.6 is 0 Å². The van der Waals surface area contributed by atoms with Crippen molar-refractivity contribution in [2.24, 2.45) is 5.92 Å². The number of pyridine rings is 1. The molecular formula is C25H33N5O. The topological polar surface area (TPSA) is 63.5 Å². The molecule has 1 amide bonds. The summed E-state index contributed by atoms with van der Waals surface area (Å²) in [5.74, 6) is 1.11. The molecule has 164 valence electrons. The maximum atomic E-state index is 13.0. The molecule has 0 saturated carbocycles. The lowest BCUT2D eigenvalue weighted by atomic mass is 9.83. The highest BCUT2D eigenvalue weighted by Gasteiger charge is 2.30. The average molecular weight is 420 g/mol. The number of hydrogen-bond donors (Lipinski definition) is 0. The molecule has 0 N–H and O–H groups in total. The first-order chi connectivity index (χ1) is 15.0. The van der Waals surface area contributed by atoms with Gasteiger partial charge in [-0.1, -0.05) is 19.1 Å². The third-order valence-corrected chi connectivity index (χ3v) is 6.86. The van der Waals surface area contributed by atoms with Gasteiger partial charge in [-0.15, -0.1) is 0 Å². The van der Waals surface area contributed by atoms with Crippen molar-refractivity contribution >= 4 is 16.8 Å². The van der Waals surface area contributed by atoms with Gasteiger partial charge in [0, 0.05) is 56.9 Å². The van der Waals surface area contributed by atoms with E-state index >= 15 is 0 Å². The number of fused-ring (bicyclic) bond motifs is 1. The van der Waals surface area contributed by atoms with Crippen LogP contribution in [0.5, 0.6) is 0 Å². The highest BCUT2D eigenvalue weighted by molar-refractivity contribution is 5.87. The predicted octanol–water partition coefficient (Wildman–Crippen LogP) is 3.08. The van der Waals surface area contributed by atoms with Gasteiger partial charge in [-0.25, -0.2) is 0 Å². The lowest BCUT2D eigenvalue weighted by molar-refractivity contribution is -0.134. The van der Waals surface area contributed by atoms with E-state index in [2.05, 4.69) is 53.8 Å². The molecule has 2 aliphatic rings. The summed E-state index contributed by atoms with van der Waals surface area (Å²) in [6, 6.07) is 10.8. The fraction of sp³-hybridized carbons (Fsp3) is 0.560. The van der Waals surface area contributed by atoms with Gasteiger partial charge in [-0.3, -0.25) is 19.6 Å². The molecule has 4 rings (SSSR count). The number of nitriles is 1. The van der Waals surface area contributed by atoms with Gasteiger partial charge in [0.25, 0.3) is 0 Å². The van der Waals surface area contributed by atoms with Crippen LogP contribution in [-0.2, 0) is 4.79 Å². The Hall–Kier alpha value is -2.49. The number of piperidine rings is 1. The summed E-state index contributed by atoms with van der Waals surface area (Å²) in [6.45, 7) is 12.6. The van der Waals surface area contributed by atoms with E-state index in [9.17, 15) is 10.1 Å². The first kappa shape index (κ1) is 21.7. The lowest BCUT2D eigenvalue weighted by Gasteiger charge is -2.40. The largest absolute Gasteiger partial charge is 0.339 e. The van der Waals surface area contributed by atoms with Crippen molar-refractivity contribution < 1.29 is 4.79 Å². The Balaban J connectivity index is 1.47. The summed E-state index contributed by atoms with van der Waals surface area (Å²) in [6.07, 6.45) is 2.84. The fourth-order valence-corrected chi connectivity index (χ4v) is 5.24. The number of amides is 1. The zero-order valence-corrected chi connectivity index (χ0v) is 18.9. The molecule has 0 aliphatic carbocycles. The Morgan fingerprint density at radius 1 is 1.19 bits per heavy atom. The summed E-state index contributed by atoms with van der Waals surface area (Å²) in [5, 5.41) is 10.5. The number of hydrogen-bond acceptors (Lipinski definition) is 5. The molecule has 2 fully saturated rings. The molecule has 2 saturated heterocycles. The van der Waals surface area contributed by atoms with Gasteiger partial charge in [-0.2, -0.15) is 5.26 Å². The Bertz CT molecular complexity index is 974. The first-order valence-electron chi connectivity index (χ1n) is 11.5. The second-order valence-corrected chi connectivity index (χ2v) is 9.46. The first-order valence-corrected chi connectivity index (χ1v) is 11.5. The normalized spacial score (nSPS) is 23.3. The minimum Gasteiger partial charge on any atom is -0.339 e. The van der Waals surface area contributed by atoms with Crippen LogP contribution in [0.2, 0.25) is 0 Å². The monoisotopic (exact) mass is 419 g/mol. The van der Waals surface area contributed by atoms with Crippen LogP contribution in [0.15, 0.2) is 30.5 Å². The van der Waals surface area contributed by atoms with Gasteiger partial charge >= 0.3 is 0 Å². The van der Waals surface area contributed by atoms with E-state index in [0.717, 1.165) is 56.6 Å². The predicted molar refractivity (Wildman–Crippen MR) is 123 cm³/mol. The van der Waals surface area contributed by atoms with Gasteiger partial charge in [0.1, 0.15) is 6.07 Å². The average Bonchev–Trinajstić information content (AvgIpc) is 2.78. The number of piperazine rings is 1. The summed E-state index contributed by atoms with van der Waals surface area (Å²) in [7, 11) is 0. The Kier molecular flexibility index (Phi) is 6.54. The third-order valence-electron chi connectivity index (χ3n) is 6.86. The van der Waals surface area contributed by atoms with Crippen molar-refractivity contribution in [1.82, 2.24) is 19.7 Å². The molecule has 0 bridgehead atoms.